The highest BCUT2D eigenvalue weighted by molar-refractivity contribution is 9.10. The minimum absolute atomic E-state index is 0.185. The maximum atomic E-state index is 12.9. The molecule has 2 aromatic rings. The summed E-state index contributed by atoms with van der Waals surface area (Å²) in [4.78, 5) is 0.185. The second kappa shape index (κ2) is 5.35. The van der Waals surface area contributed by atoms with Crippen LogP contribution in [0, 0.1) is 0 Å². The van der Waals surface area contributed by atoms with Crippen molar-refractivity contribution in [3.05, 3.63) is 52.5 Å². The first-order chi connectivity index (χ1) is 10.0. The summed E-state index contributed by atoms with van der Waals surface area (Å²) in [6.07, 6.45) is 0.730. The van der Waals surface area contributed by atoms with Crippen LogP contribution in [0.3, 0.4) is 0 Å². The third-order valence-electron chi connectivity index (χ3n) is 3.54. The van der Waals surface area contributed by atoms with E-state index in [9.17, 15) is 8.42 Å². The molecule has 0 amide bonds. The number of hydrogen-bond donors (Lipinski definition) is 0. The molecule has 3 rings (SSSR count). The quantitative estimate of drug-likeness (QED) is 0.836. The molecule has 21 heavy (non-hydrogen) atoms. The summed E-state index contributed by atoms with van der Waals surface area (Å²) in [6.45, 7) is 0.459. The molecule has 6 heteroatoms. The molecule has 0 atom stereocenters. The zero-order valence-corrected chi connectivity index (χ0v) is 13.8. The number of nitrogens with zero attached hydrogens (tertiary/aromatic N) is 1. The summed E-state index contributed by atoms with van der Waals surface area (Å²) in [6, 6.07) is 12.5. The second-order valence-electron chi connectivity index (χ2n) is 4.75. The molecule has 0 fully saturated rings. The van der Waals surface area contributed by atoms with Gasteiger partial charge in [-0.15, -0.1) is 0 Å². The predicted octanol–water partition coefficient (Wildman–Crippen LogP) is 3.21. The molecule has 0 spiro atoms. The average Bonchev–Trinajstić information content (AvgIpc) is 2.91. The maximum Gasteiger partial charge on any atom is 0.268 e. The highest BCUT2D eigenvalue weighted by Gasteiger charge is 2.32. The number of methoxy groups -OCH3 is 1. The summed E-state index contributed by atoms with van der Waals surface area (Å²) in [5.41, 5.74) is 1.81. The number of fused-ring (bicyclic) bond motifs is 1. The van der Waals surface area contributed by atoms with Crippen LogP contribution >= 0.6 is 15.9 Å². The highest BCUT2D eigenvalue weighted by atomic mass is 79.9. The van der Waals surface area contributed by atoms with Crippen molar-refractivity contribution in [3.8, 4) is 5.75 Å². The van der Waals surface area contributed by atoms with E-state index in [1.165, 1.54) is 11.4 Å². The van der Waals surface area contributed by atoms with E-state index < -0.39 is 10.0 Å². The van der Waals surface area contributed by atoms with Crippen molar-refractivity contribution in [2.45, 2.75) is 11.3 Å². The van der Waals surface area contributed by atoms with Crippen molar-refractivity contribution >= 4 is 31.6 Å². The molecule has 1 aliphatic heterocycles. The van der Waals surface area contributed by atoms with Crippen LogP contribution in [-0.4, -0.2) is 22.1 Å². The van der Waals surface area contributed by atoms with Gasteiger partial charge in [-0.05, 0) is 36.2 Å². The van der Waals surface area contributed by atoms with Gasteiger partial charge in [-0.1, -0.05) is 34.1 Å². The van der Waals surface area contributed by atoms with E-state index in [1.807, 2.05) is 24.3 Å². The van der Waals surface area contributed by atoms with Crippen LogP contribution in [0.1, 0.15) is 5.56 Å². The normalized spacial score (nSPS) is 14.1. The Bertz CT molecular complexity index is 789. The van der Waals surface area contributed by atoms with Gasteiger partial charge in [0.05, 0.1) is 12.8 Å². The molecule has 4 nitrogen and oxygen atoms in total. The van der Waals surface area contributed by atoms with Gasteiger partial charge in [-0.2, -0.15) is 0 Å². The van der Waals surface area contributed by atoms with Gasteiger partial charge in [0, 0.05) is 11.0 Å². The fourth-order valence-corrected chi connectivity index (χ4v) is 4.51. The summed E-state index contributed by atoms with van der Waals surface area (Å²) in [5.74, 6) is 0.341. The van der Waals surface area contributed by atoms with Gasteiger partial charge >= 0.3 is 0 Å². The molecule has 0 aromatic heterocycles. The maximum absolute atomic E-state index is 12.9. The van der Waals surface area contributed by atoms with Gasteiger partial charge in [0.1, 0.15) is 10.6 Å². The van der Waals surface area contributed by atoms with E-state index in [2.05, 4.69) is 15.9 Å². The molecular formula is C15H14BrNO3S. The standard InChI is InChI=1S/C15H14BrNO3S/c1-20-14-10-12(16)6-7-15(14)21(18,19)17-9-8-11-4-2-3-5-13(11)17/h2-7,10H,8-9H2,1H3. The zero-order chi connectivity index (χ0) is 15.0. The van der Waals surface area contributed by atoms with Crippen LogP contribution in [0.15, 0.2) is 51.8 Å². The number of sulfonamides is 1. The first kappa shape index (κ1) is 14.4. The van der Waals surface area contributed by atoms with Crippen molar-refractivity contribution in [1.82, 2.24) is 0 Å². The van der Waals surface area contributed by atoms with Gasteiger partial charge in [-0.25, -0.2) is 8.42 Å². The first-order valence-electron chi connectivity index (χ1n) is 6.48. The predicted molar refractivity (Wildman–Crippen MR) is 85.4 cm³/mol. The number of ether oxygens (including phenoxy) is 1. The molecule has 0 saturated carbocycles. The summed E-state index contributed by atoms with van der Waals surface area (Å²) >= 11 is 3.32. The van der Waals surface area contributed by atoms with E-state index in [0.717, 1.165) is 22.1 Å². The highest BCUT2D eigenvalue weighted by Crippen LogP contribution is 2.36. The van der Waals surface area contributed by atoms with Crippen LogP contribution in [-0.2, 0) is 16.4 Å². The second-order valence-corrected chi connectivity index (χ2v) is 7.50. The number of benzene rings is 2. The molecule has 0 N–H and O–H groups in total. The Morgan fingerprint density at radius 1 is 1.19 bits per heavy atom. The summed E-state index contributed by atoms with van der Waals surface area (Å²) in [5, 5.41) is 0. The van der Waals surface area contributed by atoms with Gasteiger partial charge in [0.2, 0.25) is 0 Å². The Balaban J connectivity index is 2.11. The summed E-state index contributed by atoms with van der Waals surface area (Å²) in [7, 11) is -2.15. The van der Waals surface area contributed by atoms with Crippen molar-refractivity contribution < 1.29 is 13.2 Å². The average molecular weight is 368 g/mol. The number of rotatable bonds is 3. The Kier molecular flexibility index (Phi) is 3.67. The molecule has 2 aromatic carbocycles. The van der Waals surface area contributed by atoms with Crippen LogP contribution in [0.2, 0.25) is 0 Å². The minimum Gasteiger partial charge on any atom is -0.495 e. The Hall–Kier alpha value is -1.53. The smallest absolute Gasteiger partial charge is 0.268 e. The molecule has 0 saturated heterocycles. The van der Waals surface area contributed by atoms with Gasteiger partial charge in [-0.3, -0.25) is 4.31 Å². The van der Waals surface area contributed by atoms with Crippen molar-refractivity contribution in [3.63, 3.8) is 0 Å². The van der Waals surface area contributed by atoms with E-state index in [4.69, 9.17) is 4.74 Å². The molecule has 1 heterocycles. The topological polar surface area (TPSA) is 46.6 Å². The Morgan fingerprint density at radius 3 is 2.71 bits per heavy atom. The lowest BCUT2D eigenvalue weighted by Crippen LogP contribution is -2.29. The fourth-order valence-electron chi connectivity index (χ4n) is 2.53. The Morgan fingerprint density at radius 2 is 1.95 bits per heavy atom. The molecule has 110 valence electrons. The molecule has 0 bridgehead atoms. The van der Waals surface area contributed by atoms with Gasteiger partial charge in [0.25, 0.3) is 10.0 Å². The largest absolute Gasteiger partial charge is 0.495 e. The third-order valence-corrected chi connectivity index (χ3v) is 5.88. The summed E-state index contributed by atoms with van der Waals surface area (Å²) < 4.78 is 33.3. The molecule has 0 unspecified atom stereocenters. The van der Waals surface area contributed by atoms with Crippen LogP contribution in [0.5, 0.6) is 5.75 Å². The monoisotopic (exact) mass is 367 g/mol. The molecular weight excluding hydrogens is 354 g/mol. The minimum atomic E-state index is -3.62. The first-order valence-corrected chi connectivity index (χ1v) is 8.71. The van der Waals surface area contributed by atoms with Crippen molar-refractivity contribution in [1.29, 1.82) is 0 Å². The zero-order valence-electron chi connectivity index (χ0n) is 11.4. The van der Waals surface area contributed by atoms with Crippen LogP contribution in [0.25, 0.3) is 0 Å². The van der Waals surface area contributed by atoms with E-state index in [-0.39, 0.29) is 4.90 Å². The van der Waals surface area contributed by atoms with Gasteiger partial charge < -0.3 is 4.74 Å². The van der Waals surface area contributed by atoms with Crippen molar-refractivity contribution in [2.24, 2.45) is 0 Å². The van der Waals surface area contributed by atoms with E-state index >= 15 is 0 Å². The van der Waals surface area contributed by atoms with E-state index in [0.29, 0.717) is 12.3 Å². The number of hydrogen-bond acceptors (Lipinski definition) is 3. The molecule has 0 radical (unpaired) electrons. The lowest BCUT2D eigenvalue weighted by molar-refractivity contribution is 0.402. The number of para-hydroxylation sites is 1. The Labute approximate surface area is 132 Å². The molecule has 1 aliphatic rings. The molecule has 0 aliphatic carbocycles. The lowest BCUT2D eigenvalue weighted by Gasteiger charge is -2.21. The van der Waals surface area contributed by atoms with Crippen LogP contribution in [0.4, 0.5) is 5.69 Å². The number of anilines is 1. The lowest BCUT2D eigenvalue weighted by atomic mass is 10.2. The fraction of sp³-hybridized carbons (Fsp3) is 0.200. The van der Waals surface area contributed by atoms with Crippen molar-refractivity contribution in [2.75, 3.05) is 18.0 Å². The third kappa shape index (κ3) is 2.42. The SMILES string of the molecule is COc1cc(Br)ccc1S(=O)(=O)N1CCc2ccccc21. The van der Waals surface area contributed by atoms with Crippen LogP contribution < -0.4 is 9.04 Å². The van der Waals surface area contributed by atoms with Gasteiger partial charge in [0.15, 0.2) is 0 Å². The van der Waals surface area contributed by atoms with E-state index in [1.54, 1.807) is 18.2 Å². The number of halogens is 1.